The molecule has 0 N–H and O–H groups in total. The second-order valence-electron chi connectivity index (χ2n) is 2.25. The molecule has 0 aliphatic carbocycles. The van der Waals surface area contributed by atoms with Crippen LogP contribution in [0.25, 0.3) is 0 Å². The van der Waals surface area contributed by atoms with Crippen LogP contribution in [0.2, 0.25) is 0 Å². The van der Waals surface area contributed by atoms with E-state index >= 15 is 0 Å². The predicted octanol–water partition coefficient (Wildman–Crippen LogP) is 0.172. The monoisotopic (exact) mass is 275 g/mol. The Bertz CT molecular complexity index is 350. The zero-order chi connectivity index (χ0) is 12.8. The molecule has 0 saturated heterocycles. The summed E-state index contributed by atoms with van der Waals surface area (Å²) in [7, 11) is -5.24. The van der Waals surface area contributed by atoms with E-state index < -0.39 is 30.2 Å². The average molecular weight is 275 g/mol. The van der Waals surface area contributed by atoms with E-state index in [1.54, 1.807) is 0 Å². The number of esters is 1. The third-order valence-corrected chi connectivity index (χ3v) is 3.45. The lowest BCUT2D eigenvalue weighted by molar-refractivity contribution is -0.145. The van der Waals surface area contributed by atoms with Crippen molar-refractivity contribution in [3.63, 3.8) is 0 Å². The summed E-state index contributed by atoms with van der Waals surface area (Å²) in [6.07, 6.45) is 0. The van der Waals surface area contributed by atoms with E-state index in [1.807, 2.05) is 0 Å². The number of ether oxygens (including phenoxy) is 1. The van der Waals surface area contributed by atoms with Gasteiger partial charge in [-0.3, -0.25) is 4.18 Å². The maximum absolute atomic E-state index is 11.3. The Kier molecular flexibility index (Phi) is 6.61. The molecule has 0 aliphatic heterocycles. The van der Waals surface area contributed by atoms with Gasteiger partial charge in [-0.25, -0.2) is 4.79 Å². The topological polar surface area (TPSA) is 105 Å². The summed E-state index contributed by atoms with van der Waals surface area (Å²) in [5.41, 5.74) is 0. The first-order valence-electron chi connectivity index (χ1n) is 4.03. The van der Waals surface area contributed by atoms with Crippen molar-refractivity contribution < 1.29 is 35.4 Å². The fourth-order valence-electron chi connectivity index (χ4n) is 0.607. The van der Waals surface area contributed by atoms with Crippen molar-refractivity contribution in [1.29, 1.82) is 0 Å². The lowest BCUT2D eigenvalue weighted by Crippen LogP contribution is -2.26. The van der Waals surface area contributed by atoms with Crippen LogP contribution in [-0.2, 0) is 37.4 Å². The number of rotatable bonds is 7. The molecular formula is C6H12O8PS+. The van der Waals surface area contributed by atoms with Crippen LogP contribution in [0.4, 0.5) is 0 Å². The first-order valence-corrected chi connectivity index (χ1v) is 6.61. The van der Waals surface area contributed by atoms with Crippen molar-refractivity contribution in [2.24, 2.45) is 0 Å². The number of methoxy groups -OCH3 is 1. The minimum absolute atomic E-state index is 0.0269. The Labute approximate surface area is 94.0 Å². The lowest BCUT2D eigenvalue weighted by Gasteiger charge is -2.04. The molecule has 10 heteroatoms. The summed E-state index contributed by atoms with van der Waals surface area (Å²) in [6.45, 7) is 1.55. The van der Waals surface area contributed by atoms with Crippen molar-refractivity contribution in [3.05, 3.63) is 0 Å². The summed E-state index contributed by atoms with van der Waals surface area (Å²) in [5.74, 6) is -3.00. The summed E-state index contributed by atoms with van der Waals surface area (Å²) in [5, 5.41) is 0. The van der Waals surface area contributed by atoms with Crippen molar-refractivity contribution in [1.82, 2.24) is 0 Å². The minimum atomic E-state index is -4.40. The van der Waals surface area contributed by atoms with Crippen LogP contribution in [0, 0.1) is 0 Å². The molecule has 0 spiro atoms. The fraction of sp³-hybridized carbons (Fsp3) is 0.833. The van der Waals surface area contributed by atoms with Gasteiger partial charge in [-0.05, 0) is 11.5 Å². The van der Waals surface area contributed by atoms with E-state index in [0.717, 1.165) is 14.2 Å². The van der Waals surface area contributed by atoms with Gasteiger partial charge in [0, 0.05) is 0 Å². The first kappa shape index (κ1) is 15.4. The van der Waals surface area contributed by atoms with Gasteiger partial charge in [-0.2, -0.15) is 12.6 Å². The quantitative estimate of drug-likeness (QED) is 0.478. The number of carbonyl (C=O) groups is 1. The van der Waals surface area contributed by atoms with Gasteiger partial charge in [0.15, 0.2) is 0 Å². The minimum Gasteiger partial charge on any atom is -0.464 e. The van der Waals surface area contributed by atoms with E-state index in [9.17, 15) is 17.8 Å². The average Bonchev–Trinajstić information content (AvgIpc) is 2.25. The highest BCUT2D eigenvalue weighted by atomic mass is 32.3. The second-order valence-corrected chi connectivity index (χ2v) is 4.89. The third kappa shape index (κ3) is 4.95. The molecule has 0 heterocycles. The molecule has 0 saturated carbocycles. The molecule has 0 amide bonds. The van der Waals surface area contributed by atoms with Crippen LogP contribution in [0.3, 0.4) is 0 Å². The molecule has 0 aromatic rings. The molecule has 0 fully saturated rings. The van der Waals surface area contributed by atoms with Gasteiger partial charge >= 0.3 is 30.2 Å². The van der Waals surface area contributed by atoms with Gasteiger partial charge in [0.05, 0.1) is 20.8 Å². The highest BCUT2D eigenvalue weighted by Gasteiger charge is 2.46. The Morgan fingerprint density at radius 2 is 1.94 bits per heavy atom. The van der Waals surface area contributed by atoms with E-state index in [0.29, 0.717) is 0 Å². The molecule has 0 aromatic carbocycles. The van der Waals surface area contributed by atoms with Crippen molar-refractivity contribution in [2.75, 3.05) is 20.8 Å². The van der Waals surface area contributed by atoms with Crippen LogP contribution < -0.4 is 0 Å². The van der Waals surface area contributed by atoms with Gasteiger partial charge in [0.25, 0.3) is 0 Å². The van der Waals surface area contributed by atoms with Gasteiger partial charge < -0.3 is 4.74 Å². The summed E-state index contributed by atoms with van der Waals surface area (Å²) < 4.78 is 50.1. The first-order chi connectivity index (χ1) is 7.37. The second kappa shape index (κ2) is 6.87. The molecule has 16 heavy (non-hydrogen) atoms. The van der Waals surface area contributed by atoms with Crippen molar-refractivity contribution in [3.8, 4) is 0 Å². The zero-order valence-electron chi connectivity index (χ0n) is 8.91. The summed E-state index contributed by atoms with van der Waals surface area (Å²) in [4.78, 5) is 11.1. The third-order valence-electron chi connectivity index (χ3n) is 1.26. The zero-order valence-corrected chi connectivity index (χ0v) is 10.6. The molecule has 0 bridgehead atoms. The highest BCUT2D eigenvalue weighted by Crippen LogP contribution is 2.32. The van der Waals surface area contributed by atoms with Crippen molar-refractivity contribution >= 4 is 24.4 Å². The van der Waals surface area contributed by atoms with Crippen LogP contribution in [-0.4, -0.2) is 41.1 Å². The molecule has 8 nitrogen and oxygen atoms in total. The van der Waals surface area contributed by atoms with E-state index in [2.05, 4.69) is 17.6 Å². The maximum Gasteiger partial charge on any atom is 0.554 e. The van der Waals surface area contributed by atoms with E-state index in [1.165, 1.54) is 6.92 Å². The molecule has 2 atom stereocenters. The van der Waals surface area contributed by atoms with Crippen LogP contribution in [0.15, 0.2) is 0 Å². The predicted molar refractivity (Wildman–Crippen MR) is 52.1 cm³/mol. The fourth-order valence-corrected chi connectivity index (χ4v) is 2.25. The maximum atomic E-state index is 11.3. The number of carbonyl (C=O) groups excluding carboxylic acids is 1. The molecule has 0 rings (SSSR count). The van der Waals surface area contributed by atoms with Gasteiger partial charge in [0.1, 0.15) is 0 Å². The van der Waals surface area contributed by atoms with E-state index in [4.69, 9.17) is 0 Å². The summed E-state index contributed by atoms with van der Waals surface area (Å²) in [6, 6.07) is 0. The van der Waals surface area contributed by atoms with E-state index in [-0.39, 0.29) is 6.61 Å². The molecule has 0 aromatic heterocycles. The largest absolute Gasteiger partial charge is 0.554 e. The Morgan fingerprint density at radius 3 is 2.31 bits per heavy atom. The Hall–Kier alpha value is -0.600. The van der Waals surface area contributed by atoms with Crippen LogP contribution >= 0.6 is 8.03 Å². The van der Waals surface area contributed by atoms with Crippen LogP contribution in [0.1, 0.15) is 6.92 Å². The summed E-state index contributed by atoms with van der Waals surface area (Å²) >= 11 is 0. The normalized spacial score (nSPS) is 14.3. The Balaban J connectivity index is 4.83. The molecule has 2 unspecified atom stereocenters. The van der Waals surface area contributed by atoms with Gasteiger partial charge in [0.2, 0.25) is 0 Å². The lowest BCUT2D eigenvalue weighted by atomic mass is 10.7. The van der Waals surface area contributed by atoms with Gasteiger partial charge in [-0.1, -0.05) is 0 Å². The van der Waals surface area contributed by atoms with Crippen LogP contribution in [0.5, 0.6) is 0 Å². The van der Waals surface area contributed by atoms with Gasteiger partial charge in [-0.15, -0.1) is 4.52 Å². The standard InChI is InChI=1S/C6H12O8PS/c1-4-13-15(8)6(5(7)11-2)14-16(9,10)12-3/h6H,4H2,1-3H3/q+1. The molecule has 0 radical (unpaired) electrons. The molecular weight excluding hydrogens is 263 g/mol. The number of hydrogen-bond donors (Lipinski definition) is 0. The number of hydrogen-bond acceptors (Lipinski definition) is 8. The molecule has 94 valence electrons. The Morgan fingerprint density at radius 1 is 1.38 bits per heavy atom. The van der Waals surface area contributed by atoms with Crippen molar-refractivity contribution in [2.45, 2.75) is 12.8 Å². The SMILES string of the molecule is CCO[P+](=O)C(OS(=O)(=O)OC)C(=O)OC. The molecule has 0 aliphatic rings. The smallest absolute Gasteiger partial charge is 0.464 e. The highest BCUT2D eigenvalue weighted by molar-refractivity contribution is 7.82.